The number of furan rings is 1. The molecule has 2 aromatic rings. The number of halogens is 1. The first-order valence-corrected chi connectivity index (χ1v) is 7.94. The second-order valence-electron chi connectivity index (χ2n) is 5.11. The van der Waals surface area contributed by atoms with E-state index in [1.165, 1.54) is 25.1 Å². The summed E-state index contributed by atoms with van der Waals surface area (Å²) in [5, 5.41) is 2.31. The number of hydrogen-bond donors (Lipinski definition) is 1. The van der Waals surface area contributed by atoms with E-state index < -0.39 is 23.7 Å². The van der Waals surface area contributed by atoms with Crippen LogP contribution in [0.15, 0.2) is 28.7 Å². The number of carbonyl (C=O) groups excluding carboxylic acids is 3. The SMILES string of the molecule is CCOC(=O)c1c(C)oc(NC(=O)c2ccccc2F)c1C(=O)OCC. The largest absolute Gasteiger partial charge is 0.462 e. The Morgan fingerprint density at radius 1 is 1.04 bits per heavy atom. The van der Waals surface area contributed by atoms with Gasteiger partial charge in [-0.2, -0.15) is 0 Å². The summed E-state index contributed by atoms with van der Waals surface area (Å²) in [6, 6.07) is 5.32. The van der Waals surface area contributed by atoms with E-state index in [4.69, 9.17) is 13.9 Å². The zero-order chi connectivity index (χ0) is 19.3. The summed E-state index contributed by atoms with van der Waals surface area (Å²) in [5.74, 6) is -3.47. The molecule has 8 heteroatoms. The molecule has 7 nitrogen and oxygen atoms in total. The predicted octanol–water partition coefficient (Wildman–Crippen LogP) is 3.33. The third-order valence-electron chi connectivity index (χ3n) is 3.39. The van der Waals surface area contributed by atoms with Crippen molar-refractivity contribution in [1.82, 2.24) is 0 Å². The minimum Gasteiger partial charge on any atom is -0.462 e. The molecule has 0 saturated heterocycles. The standard InChI is InChI=1S/C18H18FNO6/c1-4-24-17(22)13-10(3)26-16(14(13)18(23)25-5-2)20-15(21)11-8-6-7-9-12(11)19/h6-9H,4-5H2,1-3H3,(H,20,21). The smallest absolute Gasteiger partial charge is 0.344 e. The Labute approximate surface area is 149 Å². The molecule has 2 rings (SSSR count). The van der Waals surface area contributed by atoms with E-state index in [1.807, 2.05) is 0 Å². The molecule has 0 aliphatic carbocycles. The number of carbonyl (C=O) groups is 3. The number of ether oxygens (including phenoxy) is 2. The molecule has 138 valence electrons. The van der Waals surface area contributed by atoms with Crippen molar-refractivity contribution in [3.63, 3.8) is 0 Å². The molecule has 0 unspecified atom stereocenters. The highest BCUT2D eigenvalue weighted by molar-refractivity contribution is 6.11. The summed E-state index contributed by atoms with van der Waals surface area (Å²) >= 11 is 0. The van der Waals surface area contributed by atoms with Crippen LogP contribution in [0.5, 0.6) is 0 Å². The van der Waals surface area contributed by atoms with Gasteiger partial charge in [0, 0.05) is 0 Å². The summed E-state index contributed by atoms with van der Waals surface area (Å²) in [7, 11) is 0. The van der Waals surface area contributed by atoms with E-state index >= 15 is 0 Å². The first kappa shape index (κ1) is 19.2. The molecule has 0 fully saturated rings. The summed E-state index contributed by atoms with van der Waals surface area (Å²) in [6.07, 6.45) is 0. The second kappa shape index (κ2) is 8.28. The van der Waals surface area contributed by atoms with E-state index in [0.717, 1.165) is 6.07 Å². The molecular formula is C18H18FNO6. The molecule has 1 amide bonds. The number of anilines is 1. The summed E-state index contributed by atoms with van der Waals surface area (Å²) < 4.78 is 29.0. The van der Waals surface area contributed by atoms with Crippen molar-refractivity contribution in [2.24, 2.45) is 0 Å². The monoisotopic (exact) mass is 363 g/mol. The highest BCUT2D eigenvalue weighted by atomic mass is 19.1. The summed E-state index contributed by atoms with van der Waals surface area (Å²) in [5.41, 5.74) is -0.657. The van der Waals surface area contributed by atoms with Crippen molar-refractivity contribution in [1.29, 1.82) is 0 Å². The highest BCUT2D eigenvalue weighted by Gasteiger charge is 2.31. The van der Waals surface area contributed by atoms with Crippen LogP contribution in [0.3, 0.4) is 0 Å². The van der Waals surface area contributed by atoms with Gasteiger partial charge in [-0.15, -0.1) is 0 Å². The van der Waals surface area contributed by atoms with Crippen LogP contribution in [0, 0.1) is 12.7 Å². The first-order valence-electron chi connectivity index (χ1n) is 7.94. The first-order chi connectivity index (χ1) is 12.4. The third-order valence-corrected chi connectivity index (χ3v) is 3.39. The lowest BCUT2D eigenvalue weighted by Crippen LogP contribution is -2.18. The van der Waals surface area contributed by atoms with Crippen LogP contribution in [0.1, 0.15) is 50.7 Å². The molecule has 1 aromatic carbocycles. The average molecular weight is 363 g/mol. The van der Waals surface area contributed by atoms with Crippen molar-refractivity contribution >= 4 is 23.7 Å². The van der Waals surface area contributed by atoms with Crippen molar-refractivity contribution in [3.8, 4) is 0 Å². The van der Waals surface area contributed by atoms with Gasteiger partial charge in [-0.1, -0.05) is 12.1 Å². The third kappa shape index (κ3) is 3.90. The summed E-state index contributed by atoms with van der Waals surface area (Å²) in [4.78, 5) is 36.7. The molecule has 26 heavy (non-hydrogen) atoms. The molecule has 0 spiro atoms. The Morgan fingerprint density at radius 3 is 2.19 bits per heavy atom. The van der Waals surface area contributed by atoms with Crippen molar-refractivity contribution in [2.75, 3.05) is 18.5 Å². The van der Waals surface area contributed by atoms with Gasteiger partial charge in [0.1, 0.15) is 22.7 Å². The molecule has 0 saturated carbocycles. The predicted molar refractivity (Wildman–Crippen MR) is 89.7 cm³/mol. The number of rotatable bonds is 6. The maximum atomic E-state index is 13.8. The number of esters is 2. The number of hydrogen-bond acceptors (Lipinski definition) is 6. The molecule has 1 aromatic heterocycles. The van der Waals surface area contributed by atoms with E-state index in [9.17, 15) is 18.8 Å². The Kier molecular flexibility index (Phi) is 6.11. The van der Waals surface area contributed by atoms with Crippen molar-refractivity contribution < 1.29 is 32.7 Å². The molecular weight excluding hydrogens is 345 g/mol. The quantitative estimate of drug-likeness (QED) is 0.791. The van der Waals surface area contributed by atoms with Gasteiger partial charge in [0.2, 0.25) is 5.88 Å². The lowest BCUT2D eigenvalue weighted by molar-refractivity contribution is 0.0480. The van der Waals surface area contributed by atoms with E-state index in [1.54, 1.807) is 13.8 Å². The molecule has 1 heterocycles. The van der Waals surface area contributed by atoms with Gasteiger partial charge in [-0.05, 0) is 32.9 Å². The van der Waals surface area contributed by atoms with Crippen LogP contribution in [-0.4, -0.2) is 31.1 Å². The maximum absolute atomic E-state index is 13.8. The number of nitrogens with one attached hydrogen (secondary N) is 1. The van der Waals surface area contributed by atoms with Crippen molar-refractivity contribution in [3.05, 3.63) is 52.5 Å². The Balaban J connectivity index is 2.46. The molecule has 0 bridgehead atoms. The lowest BCUT2D eigenvalue weighted by Gasteiger charge is -2.07. The maximum Gasteiger partial charge on any atom is 0.344 e. The molecule has 1 N–H and O–H groups in total. The zero-order valence-corrected chi connectivity index (χ0v) is 14.6. The second-order valence-corrected chi connectivity index (χ2v) is 5.11. The van der Waals surface area contributed by atoms with E-state index in [-0.39, 0.29) is 41.5 Å². The van der Waals surface area contributed by atoms with Gasteiger partial charge < -0.3 is 13.9 Å². The van der Waals surface area contributed by atoms with Gasteiger partial charge in [0.05, 0.1) is 18.8 Å². The minimum atomic E-state index is -0.865. The topological polar surface area (TPSA) is 94.8 Å². The van der Waals surface area contributed by atoms with Gasteiger partial charge in [-0.25, -0.2) is 14.0 Å². The molecule has 0 radical (unpaired) electrons. The molecule has 0 atom stereocenters. The Bertz CT molecular complexity index is 842. The highest BCUT2D eigenvalue weighted by Crippen LogP contribution is 2.29. The van der Waals surface area contributed by atoms with Crippen LogP contribution < -0.4 is 5.32 Å². The Morgan fingerprint density at radius 2 is 1.62 bits per heavy atom. The van der Waals surface area contributed by atoms with Crippen LogP contribution >= 0.6 is 0 Å². The fraction of sp³-hybridized carbons (Fsp3) is 0.278. The lowest BCUT2D eigenvalue weighted by atomic mass is 10.1. The van der Waals surface area contributed by atoms with Crippen LogP contribution in [0.25, 0.3) is 0 Å². The van der Waals surface area contributed by atoms with Crippen molar-refractivity contribution in [2.45, 2.75) is 20.8 Å². The fourth-order valence-corrected chi connectivity index (χ4v) is 2.30. The average Bonchev–Trinajstić information content (AvgIpc) is 2.91. The number of aryl methyl sites for hydroxylation is 1. The number of amides is 1. The summed E-state index contributed by atoms with van der Waals surface area (Å²) in [6.45, 7) is 4.77. The number of benzene rings is 1. The molecule has 0 aliphatic rings. The van der Waals surface area contributed by atoms with Crippen LogP contribution in [-0.2, 0) is 9.47 Å². The van der Waals surface area contributed by atoms with Crippen LogP contribution in [0.4, 0.5) is 10.3 Å². The Hall–Kier alpha value is -3.16. The normalized spacial score (nSPS) is 10.3. The zero-order valence-electron chi connectivity index (χ0n) is 14.6. The minimum absolute atomic E-state index is 0.0476. The van der Waals surface area contributed by atoms with Crippen LogP contribution in [0.2, 0.25) is 0 Å². The van der Waals surface area contributed by atoms with Gasteiger partial charge in [0.25, 0.3) is 5.91 Å². The van der Waals surface area contributed by atoms with Gasteiger partial charge in [0.15, 0.2) is 0 Å². The van der Waals surface area contributed by atoms with E-state index in [2.05, 4.69) is 5.32 Å². The van der Waals surface area contributed by atoms with Gasteiger partial charge in [-0.3, -0.25) is 10.1 Å². The molecule has 0 aliphatic heterocycles. The van der Waals surface area contributed by atoms with Gasteiger partial charge >= 0.3 is 11.9 Å². The van der Waals surface area contributed by atoms with E-state index in [0.29, 0.717) is 0 Å². The fourth-order valence-electron chi connectivity index (χ4n) is 2.30.